The Labute approximate surface area is 163 Å². The van der Waals surface area contributed by atoms with Gasteiger partial charge in [-0.2, -0.15) is 0 Å². The molecule has 138 valence electrons. The van der Waals surface area contributed by atoms with Gasteiger partial charge in [0, 0.05) is 23.5 Å². The van der Waals surface area contributed by atoms with Gasteiger partial charge in [0.2, 0.25) is 5.91 Å². The lowest BCUT2D eigenvalue weighted by Crippen LogP contribution is -2.23. The van der Waals surface area contributed by atoms with Crippen molar-refractivity contribution in [2.75, 3.05) is 17.6 Å². The number of anilines is 1. The molecule has 0 unspecified atom stereocenters. The smallest absolute Gasteiger partial charge is 0.251 e. The van der Waals surface area contributed by atoms with Gasteiger partial charge in [0.1, 0.15) is 0 Å². The van der Waals surface area contributed by atoms with E-state index in [1.165, 1.54) is 16.3 Å². The van der Waals surface area contributed by atoms with E-state index in [-0.39, 0.29) is 11.8 Å². The maximum absolute atomic E-state index is 12.2. The van der Waals surface area contributed by atoms with E-state index in [0.29, 0.717) is 23.5 Å². The Bertz CT molecular complexity index is 950. The molecule has 4 nitrogen and oxygen atoms in total. The molecule has 2 amide bonds. The molecule has 3 aromatic carbocycles. The number of carbonyl (C=O) groups excluding carboxylic acids is 2. The van der Waals surface area contributed by atoms with E-state index in [2.05, 4.69) is 34.9 Å². The second kappa shape index (κ2) is 9.24. The van der Waals surface area contributed by atoms with Crippen LogP contribution in [0, 0.1) is 0 Å². The number of hydrogen-bond acceptors (Lipinski definition) is 3. The highest BCUT2D eigenvalue weighted by Gasteiger charge is 2.08. The third kappa shape index (κ3) is 5.11. The van der Waals surface area contributed by atoms with Crippen LogP contribution >= 0.6 is 11.8 Å². The van der Waals surface area contributed by atoms with E-state index in [9.17, 15) is 9.59 Å². The molecule has 0 heterocycles. The van der Waals surface area contributed by atoms with Crippen molar-refractivity contribution in [3.8, 4) is 0 Å². The Morgan fingerprint density at radius 3 is 2.59 bits per heavy atom. The Kier molecular flexibility index (Phi) is 6.49. The van der Waals surface area contributed by atoms with Crippen molar-refractivity contribution in [1.82, 2.24) is 5.32 Å². The van der Waals surface area contributed by atoms with Crippen molar-refractivity contribution in [2.45, 2.75) is 12.7 Å². The summed E-state index contributed by atoms with van der Waals surface area (Å²) in [6, 6.07) is 21.5. The number of thioether (sulfide) groups is 1. The molecule has 5 heteroatoms. The van der Waals surface area contributed by atoms with Crippen LogP contribution in [0.5, 0.6) is 0 Å². The first kappa shape index (κ1) is 19.0. The van der Waals surface area contributed by atoms with Crippen LogP contribution in [0.1, 0.15) is 22.8 Å². The molecule has 0 radical (unpaired) electrons. The summed E-state index contributed by atoms with van der Waals surface area (Å²) >= 11 is 1.58. The van der Waals surface area contributed by atoms with Crippen LogP contribution in [0.4, 0.5) is 5.69 Å². The van der Waals surface area contributed by atoms with Gasteiger partial charge >= 0.3 is 0 Å². The molecule has 3 rings (SSSR count). The summed E-state index contributed by atoms with van der Waals surface area (Å²) in [5.74, 6) is 0.912. The first-order valence-electron chi connectivity index (χ1n) is 8.90. The molecule has 2 N–H and O–H groups in total. The molecule has 27 heavy (non-hydrogen) atoms. The minimum absolute atomic E-state index is 0.0757. The van der Waals surface area contributed by atoms with Gasteiger partial charge in [-0.3, -0.25) is 9.59 Å². The Morgan fingerprint density at radius 2 is 1.74 bits per heavy atom. The second-order valence-corrected chi connectivity index (χ2v) is 7.11. The average molecular weight is 378 g/mol. The lowest BCUT2D eigenvalue weighted by molar-refractivity contribution is -0.113. The van der Waals surface area contributed by atoms with Gasteiger partial charge in [0.15, 0.2) is 0 Å². The molecular formula is C22H22N2O2S. The predicted molar refractivity (Wildman–Crippen MR) is 113 cm³/mol. The third-order valence-corrected chi connectivity index (χ3v) is 5.10. The van der Waals surface area contributed by atoms with Crippen LogP contribution in [0.25, 0.3) is 10.8 Å². The van der Waals surface area contributed by atoms with Gasteiger partial charge in [-0.1, -0.05) is 48.5 Å². The van der Waals surface area contributed by atoms with E-state index in [1.54, 1.807) is 36.0 Å². The molecule has 0 fully saturated rings. The summed E-state index contributed by atoms with van der Waals surface area (Å²) in [6.45, 7) is 2.44. The van der Waals surface area contributed by atoms with E-state index in [0.717, 1.165) is 5.75 Å². The van der Waals surface area contributed by atoms with Gasteiger partial charge in [-0.25, -0.2) is 0 Å². The van der Waals surface area contributed by atoms with Crippen molar-refractivity contribution < 1.29 is 9.59 Å². The van der Waals surface area contributed by atoms with Crippen molar-refractivity contribution in [3.63, 3.8) is 0 Å². The van der Waals surface area contributed by atoms with E-state index >= 15 is 0 Å². The van der Waals surface area contributed by atoms with Gasteiger partial charge in [-0.15, -0.1) is 11.8 Å². The highest BCUT2D eigenvalue weighted by molar-refractivity contribution is 7.99. The summed E-state index contributed by atoms with van der Waals surface area (Å²) in [7, 11) is 0. The summed E-state index contributed by atoms with van der Waals surface area (Å²) in [4.78, 5) is 24.1. The number of hydrogen-bond donors (Lipinski definition) is 2. The van der Waals surface area contributed by atoms with Gasteiger partial charge < -0.3 is 10.6 Å². The van der Waals surface area contributed by atoms with Crippen LogP contribution in [-0.4, -0.2) is 24.1 Å². The normalized spacial score (nSPS) is 10.6. The molecule has 0 saturated heterocycles. The van der Waals surface area contributed by atoms with Crippen molar-refractivity contribution in [2.24, 2.45) is 0 Å². The summed E-state index contributed by atoms with van der Waals surface area (Å²) < 4.78 is 0. The maximum Gasteiger partial charge on any atom is 0.251 e. The molecule has 0 aliphatic rings. The van der Waals surface area contributed by atoms with Gasteiger partial charge in [0.25, 0.3) is 5.91 Å². The zero-order valence-electron chi connectivity index (χ0n) is 15.2. The standard InChI is InChI=1S/C22H22N2O2S/c1-2-23-22(26)17-9-6-11-19(13-17)24-21(25)15-27-14-18-10-5-8-16-7-3-4-12-20(16)18/h3-13H,2,14-15H2,1H3,(H,23,26)(H,24,25). The topological polar surface area (TPSA) is 58.2 Å². The van der Waals surface area contributed by atoms with Crippen LogP contribution in [0.3, 0.4) is 0 Å². The van der Waals surface area contributed by atoms with E-state index in [4.69, 9.17) is 0 Å². The molecule has 0 aliphatic carbocycles. The number of benzene rings is 3. The first-order valence-corrected chi connectivity index (χ1v) is 10.1. The number of fused-ring (bicyclic) bond motifs is 1. The quantitative estimate of drug-likeness (QED) is 0.638. The van der Waals surface area contributed by atoms with Crippen LogP contribution in [0.2, 0.25) is 0 Å². The number of carbonyl (C=O) groups is 2. The minimum atomic E-state index is -0.140. The highest BCUT2D eigenvalue weighted by atomic mass is 32.2. The van der Waals surface area contributed by atoms with Gasteiger partial charge in [0.05, 0.1) is 5.75 Å². The second-order valence-electron chi connectivity index (χ2n) is 6.12. The summed E-state index contributed by atoms with van der Waals surface area (Å²) in [6.07, 6.45) is 0. The number of amides is 2. The SMILES string of the molecule is CCNC(=O)c1cccc(NC(=O)CSCc2cccc3ccccc23)c1. The molecule has 0 aliphatic heterocycles. The third-order valence-electron chi connectivity index (χ3n) is 4.12. The van der Waals surface area contributed by atoms with Crippen LogP contribution in [-0.2, 0) is 10.5 Å². The molecule has 0 spiro atoms. The zero-order chi connectivity index (χ0) is 19.1. The monoisotopic (exact) mass is 378 g/mol. The van der Waals surface area contributed by atoms with E-state index < -0.39 is 0 Å². The van der Waals surface area contributed by atoms with Crippen molar-refractivity contribution in [3.05, 3.63) is 77.9 Å². The highest BCUT2D eigenvalue weighted by Crippen LogP contribution is 2.23. The minimum Gasteiger partial charge on any atom is -0.352 e. The first-order chi connectivity index (χ1) is 13.2. The molecule has 0 saturated carbocycles. The number of rotatable bonds is 7. The fourth-order valence-corrected chi connectivity index (χ4v) is 3.70. The van der Waals surface area contributed by atoms with Crippen molar-refractivity contribution >= 4 is 40.0 Å². The molecule has 3 aromatic rings. The largest absolute Gasteiger partial charge is 0.352 e. The summed E-state index contributed by atoms with van der Waals surface area (Å²) in [5, 5.41) is 8.05. The lowest BCUT2D eigenvalue weighted by atomic mass is 10.1. The zero-order valence-corrected chi connectivity index (χ0v) is 16.0. The lowest BCUT2D eigenvalue weighted by Gasteiger charge is -2.09. The number of nitrogens with one attached hydrogen (secondary N) is 2. The summed E-state index contributed by atoms with van der Waals surface area (Å²) in [5.41, 5.74) is 2.40. The molecule has 0 atom stereocenters. The van der Waals surface area contributed by atoms with Crippen LogP contribution in [0.15, 0.2) is 66.7 Å². The molecule has 0 bridgehead atoms. The average Bonchev–Trinajstić information content (AvgIpc) is 2.68. The van der Waals surface area contributed by atoms with Crippen LogP contribution < -0.4 is 10.6 Å². The Hall–Kier alpha value is -2.79. The maximum atomic E-state index is 12.2. The van der Waals surface area contributed by atoms with Gasteiger partial charge in [-0.05, 0) is 41.5 Å². The fourth-order valence-electron chi connectivity index (χ4n) is 2.87. The molecular weight excluding hydrogens is 356 g/mol. The Morgan fingerprint density at radius 1 is 0.963 bits per heavy atom. The fraction of sp³-hybridized carbons (Fsp3) is 0.182. The Balaban J connectivity index is 1.55. The predicted octanol–water partition coefficient (Wildman–Crippen LogP) is 4.46. The van der Waals surface area contributed by atoms with E-state index in [1.807, 2.05) is 25.1 Å². The molecule has 0 aromatic heterocycles. The van der Waals surface area contributed by atoms with Crippen molar-refractivity contribution in [1.29, 1.82) is 0 Å².